The normalized spacial score (nSPS) is 14.6. The number of rotatable bonds is 3. The fourth-order valence-electron chi connectivity index (χ4n) is 4.33. The number of nitrogens with one attached hydrogen (secondary N) is 1. The van der Waals surface area contributed by atoms with Crippen LogP contribution in [0.4, 0.5) is 18.9 Å². The van der Waals surface area contributed by atoms with Crippen molar-refractivity contribution < 1.29 is 27.5 Å². The van der Waals surface area contributed by atoms with Crippen molar-refractivity contribution >= 4 is 17.5 Å². The smallest absolute Gasteiger partial charge is 0.418 e. The van der Waals surface area contributed by atoms with E-state index < -0.39 is 40.7 Å². The molecule has 0 fully saturated rings. The molecule has 1 aliphatic heterocycles. The van der Waals surface area contributed by atoms with Gasteiger partial charge in [0.2, 0.25) is 5.43 Å². The Morgan fingerprint density at radius 1 is 1.02 bits per heavy atom. The zero-order valence-electron chi connectivity index (χ0n) is 22.3. The van der Waals surface area contributed by atoms with Crippen LogP contribution in [0.1, 0.15) is 32.9 Å². The Hall–Kier alpha value is -5.44. The number of aromatic nitrogens is 3. The topological polar surface area (TPSA) is 106 Å². The highest BCUT2D eigenvalue weighted by Crippen LogP contribution is 2.34. The highest BCUT2D eigenvalue weighted by molar-refractivity contribution is 6.02. The quantitative estimate of drug-likeness (QED) is 0.376. The molecule has 2 aromatic carbocycles. The van der Waals surface area contributed by atoms with Gasteiger partial charge in [-0.1, -0.05) is 24.0 Å². The van der Waals surface area contributed by atoms with E-state index in [1.54, 1.807) is 36.7 Å². The number of hydrogen-bond acceptors (Lipinski definition) is 6. The predicted octanol–water partition coefficient (Wildman–Crippen LogP) is 3.51. The van der Waals surface area contributed by atoms with Crippen LogP contribution in [0.15, 0.2) is 77.9 Å². The first-order valence-corrected chi connectivity index (χ1v) is 12.6. The Balaban J connectivity index is 1.40. The number of para-hydroxylation sites is 1. The summed E-state index contributed by atoms with van der Waals surface area (Å²) in [6.07, 6.45) is -1.45. The zero-order chi connectivity index (χ0) is 30.0. The highest BCUT2D eigenvalue weighted by atomic mass is 19.4. The van der Waals surface area contributed by atoms with Crippen LogP contribution in [-0.2, 0) is 11.0 Å². The lowest BCUT2D eigenvalue weighted by Gasteiger charge is -2.21. The average Bonchev–Trinajstić information content (AvgIpc) is 3.08. The van der Waals surface area contributed by atoms with Crippen LogP contribution in [0.5, 0.6) is 5.75 Å². The highest BCUT2D eigenvalue weighted by Gasteiger charge is 2.35. The third-order valence-corrected chi connectivity index (χ3v) is 6.43. The average molecular weight is 574 g/mol. The van der Waals surface area contributed by atoms with E-state index in [-0.39, 0.29) is 18.0 Å². The minimum atomic E-state index is -4.70. The number of amides is 2. The summed E-state index contributed by atoms with van der Waals surface area (Å²) in [5.41, 5.74) is -1.04. The Kier molecular flexibility index (Phi) is 7.50. The lowest BCUT2D eigenvalue weighted by Crippen LogP contribution is -2.50. The largest absolute Gasteiger partial charge is 0.489 e. The van der Waals surface area contributed by atoms with Gasteiger partial charge in [-0.2, -0.15) is 18.3 Å². The van der Waals surface area contributed by atoms with Gasteiger partial charge in [-0.15, -0.1) is 0 Å². The number of carbonyl (C=O) groups is 2. The Bertz CT molecular complexity index is 1810. The number of anilines is 1. The lowest BCUT2D eigenvalue weighted by atomic mass is 10.1. The van der Waals surface area contributed by atoms with E-state index in [9.17, 15) is 27.6 Å². The molecule has 0 aliphatic carbocycles. The maximum absolute atomic E-state index is 13.6. The molecule has 0 bridgehead atoms. The Morgan fingerprint density at radius 3 is 2.52 bits per heavy atom. The van der Waals surface area contributed by atoms with Crippen LogP contribution in [-0.4, -0.2) is 46.3 Å². The minimum absolute atomic E-state index is 0.0831. The summed E-state index contributed by atoms with van der Waals surface area (Å²) in [5, 5.41) is 6.40. The number of aryl methyl sites for hydroxylation is 1. The van der Waals surface area contributed by atoms with Crippen molar-refractivity contribution in [2.24, 2.45) is 0 Å². The summed E-state index contributed by atoms with van der Waals surface area (Å²) in [7, 11) is 1.50. The molecule has 0 unspecified atom stereocenters. The van der Waals surface area contributed by atoms with Crippen LogP contribution in [0.3, 0.4) is 0 Å². The van der Waals surface area contributed by atoms with Gasteiger partial charge in [0.05, 0.1) is 16.9 Å². The monoisotopic (exact) mass is 573 g/mol. The molecule has 1 aliphatic rings. The molecule has 3 heterocycles. The number of alkyl halides is 3. The third kappa shape index (κ3) is 5.71. The summed E-state index contributed by atoms with van der Waals surface area (Å²) in [4.78, 5) is 44.5. The van der Waals surface area contributed by atoms with Crippen molar-refractivity contribution in [2.45, 2.75) is 19.1 Å². The first kappa shape index (κ1) is 28.1. The van der Waals surface area contributed by atoms with Gasteiger partial charge >= 0.3 is 6.18 Å². The second-order valence-corrected chi connectivity index (χ2v) is 9.33. The van der Waals surface area contributed by atoms with Crippen LogP contribution < -0.4 is 20.4 Å². The van der Waals surface area contributed by atoms with Gasteiger partial charge in [0.15, 0.2) is 5.69 Å². The number of carbonyl (C=O) groups excluding carboxylic acids is 2. The maximum atomic E-state index is 13.6. The van der Waals surface area contributed by atoms with Gasteiger partial charge < -0.3 is 15.0 Å². The predicted molar refractivity (Wildman–Crippen MR) is 146 cm³/mol. The van der Waals surface area contributed by atoms with Crippen molar-refractivity contribution in [1.82, 2.24) is 20.1 Å². The summed E-state index contributed by atoms with van der Waals surface area (Å²) < 4.78 is 47.6. The van der Waals surface area contributed by atoms with Crippen LogP contribution in [0.25, 0.3) is 5.69 Å². The number of ether oxygens (including phenoxy) is 1. The number of halogens is 3. The molecule has 0 radical (unpaired) electrons. The van der Waals surface area contributed by atoms with Crippen molar-refractivity contribution in [3.8, 4) is 23.3 Å². The molecule has 0 saturated carbocycles. The lowest BCUT2D eigenvalue weighted by molar-refractivity contribution is -0.137. The van der Waals surface area contributed by atoms with Crippen LogP contribution >= 0.6 is 0 Å². The minimum Gasteiger partial charge on any atom is -0.489 e. The van der Waals surface area contributed by atoms with Crippen molar-refractivity contribution in [3.05, 3.63) is 111 Å². The van der Waals surface area contributed by atoms with Gasteiger partial charge in [0.25, 0.3) is 11.8 Å². The molecule has 42 heavy (non-hydrogen) atoms. The standard InChI is InChI=1S/C30H22F3N5O4/c1-18-14-25(39)27(36-38(18)23-8-4-3-7-21(23)30(31,32)33)28(40)35-22-17-42-26-12-11-19(15-24(26)37(2)29(22)41)9-10-20-6-5-13-34-16-20/h3-8,11-16,22H,17H2,1-2H3,(H,35,40)/t22-/m0/s1. The third-order valence-electron chi connectivity index (χ3n) is 6.43. The number of likely N-dealkylation sites (N-methyl/N-ethyl adjacent to an activating group) is 1. The Morgan fingerprint density at radius 2 is 1.79 bits per heavy atom. The molecule has 0 spiro atoms. The fraction of sp³-hybridized carbons (Fsp3) is 0.167. The second kappa shape index (κ2) is 11.2. The summed E-state index contributed by atoms with van der Waals surface area (Å²) in [6.45, 7) is 1.13. The first-order chi connectivity index (χ1) is 20.0. The van der Waals surface area contributed by atoms with Crippen molar-refractivity contribution in [1.29, 1.82) is 0 Å². The van der Waals surface area contributed by atoms with Crippen molar-refractivity contribution in [3.63, 3.8) is 0 Å². The molecule has 12 heteroatoms. The van der Waals surface area contributed by atoms with Gasteiger partial charge in [-0.3, -0.25) is 19.4 Å². The van der Waals surface area contributed by atoms with Crippen LogP contribution in [0, 0.1) is 18.8 Å². The second-order valence-electron chi connectivity index (χ2n) is 9.33. The van der Waals surface area contributed by atoms with E-state index in [2.05, 4.69) is 27.2 Å². The zero-order valence-corrected chi connectivity index (χ0v) is 22.3. The molecule has 1 atom stereocenters. The van der Waals surface area contributed by atoms with Crippen molar-refractivity contribution in [2.75, 3.05) is 18.6 Å². The van der Waals surface area contributed by atoms with Crippen LogP contribution in [0.2, 0.25) is 0 Å². The van der Waals surface area contributed by atoms with E-state index >= 15 is 0 Å². The molecule has 4 aromatic rings. The molecule has 1 N–H and O–H groups in total. The van der Waals surface area contributed by atoms with E-state index in [0.29, 0.717) is 22.6 Å². The molecular weight excluding hydrogens is 551 g/mol. The number of nitrogens with zero attached hydrogens (tertiary/aromatic N) is 4. The van der Waals surface area contributed by atoms with E-state index in [1.807, 2.05) is 6.07 Å². The summed E-state index contributed by atoms with van der Waals surface area (Å²) in [6, 6.07) is 13.0. The maximum Gasteiger partial charge on any atom is 0.418 e. The van der Waals surface area contributed by atoms with Gasteiger partial charge in [-0.25, -0.2) is 4.68 Å². The molecule has 2 aromatic heterocycles. The van der Waals surface area contributed by atoms with E-state index in [0.717, 1.165) is 16.8 Å². The fourth-order valence-corrected chi connectivity index (χ4v) is 4.33. The van der Waals surface area contributed by atoms with Gasteiger partial charge in [-0.05, 0) is 49.4 Å². The SMILES string of the molecule is Cc1cc(=O)c(C(=O)N[C@H]2COc3ccc(C#Cc4cccnc4)cc3N(C)C2=O)nn1-c1ccccc1C(F)(F)F. The molecule has 5 rings (SSSR count). The number of pyridine rings is 1. The summed E-state index contributed by atoms with van der Waals surface area (Å²) in [5.74, 6) is 4.77. The molecule has 9 nitrogen and oxygen atoms in total. The molecule has 2 amide bonds. The van der Waals surface area contributed by atoms with Gasteiger partial charge in [0, 0.05) is 42.3 Å². The number of benzene rings is 2. The molecule has 212 valence electrons. The number of hydrogen-bond donors (Lipinski definition) is 1. The van der Waals surface area contributed by atoms with E-state index in [4.69, 9.17) is 4.74 Å². The molecule has 0 saturated heterocycles. The van der Waals surface area contributed by atoms with E-state index in [1.165, 1.54) is 37.1 Å². The summed E-state index contributed by atoms with van der Waals surface area (Å²) >= 11 is 0. The number of fused-ring (bicyclic) bond motifs is 1. The first-order valence-electron chi connectivity index (χ1n) is 12.6. The van der Waals surface area contributed by atoms with Gasteiger partial charge in [0.1, 0.15) is 18.4 Å². The Labute approximate surface area is 237 Å². The molecular formula is C30H22F3N5O4.